The molecule has 0 aliphatic carbocycles. The van der Waals surface area contributed by atoms with Crippen LogP contribution in [0.25, 0.3) is 0 Å². The van der Waals surface area contributed by atoms with E-state index in [-0.39, 0.29) is 24.6 Å². The summed E-state index contributed by atoms with van der Waals surface area (Å²) >= 11 is 5.48. The van der Waals surface area contributed by atoms with Gasteiger partial charge in [0.1, 0.15) is 12.4 Å². The molecular formula is C9H10ClF3N2O. The standard InChI is InChI=1S/C9H10ClF3N2O/c10-6-4-8(16-2-1-14)7(15)3-5(6)9(11,12)13/h3-4H,1-2,14-15H2. The molecule has 0 saturated heterocycles. The second-order valence-electron chi connectivity index (χ2n) is 3.00. The third-order valence-corrected chi connectivity index (χ3v) is 2.09. The molecule has 0 amide bonds. The molecule has 1 aromatic rings. The van der Waals surface area contributed by atoms with Crippen LogP contribution in [0.1, 0.15) is 5.56 Å². The van der Waals surface area contributed by atoms with Crippen molar-refractivity contribution in [3.05, 3.63) is 22.7 Å². The largest absolute Gasteiger partial charge is 0.490 e. The molecule has 0 aliphatic rings. The lowest BCUT2D eigenvalue weighted by Crippen LogP contribution is -2.12. The number of nitrogen functional groups attached to an aromatic ring is 1. The van der Waals surface area contributed by atoms with Crippen LogP contribution in [0.15, 0.2) is 12.1 Å². The summed E-state index contributed by atoms with van der Waals surface area (Å²) in [4.78, 5) is 0. The number of halogens is 4. The molecule has 0 aliphatic heterocycles. The molecule has 4 N–H and O–H groups in total. The van der Waals surface area contributed by atoms with E-state index in [1.807, 2.05) is 0 Å². The van der Waals surface area contributed by atoms with Gasteiger partial charge in [-0.15, -0.1) is 0 Å². The summed E-state index contributed by atoms with van der Waals surface area (Å²) < 4.78 is 42.3. The molecule has 0 unspecified atom stereocenters. The van der Waals surface area contributed by atoms with Gasteiger partial charge in [-0.25, -0.2) is 0 Å². The van der Waals surface area contributed by atoms with Crippen molar-refractivity contribution in [1.82, 2.24) is 0 Å². The maximum absolute atomic E-state index is 12.4. The first-order chi connectivity index (χ1) is 7.36. The fraction of sp³-hybridized carbons (Fsp3) is 0.333. The molecule has 90 valence electrons. The Bertz CT molecular complexity index is 382. The van der Waals surface area contributed by atoms with E-state index in [1.54, 1.807) is 0 Å². The van der Waals surface area contributed by atoms with Gasteiger partial charge in [0.2, 0.25) is 0 Å². The van der Waals surface area contributed by atoms with Crippen LogP contribution in [0.4, 0.5) is 18.9 Å². The van der Waals surface area contributed by atoms with Crippen molar-refractivity contribution in [3.63, 3.8) is 0 Å². The molecule has 1 rings (SSSR count). The fourth-order valence-corrected chi connectivity index (χ4v) is 1.34. The van der Waals surface area contributed by atoms with Crippen molar-refractivity contribution in [3.8, 4) is 5.75 Å². The number of nitrogens with two attached hydrogens (primary N) is 2. The zero-order valence-electron chi connectivity index (χ0n) is 8.14. The van der Waals surface area contributed by atoms with E-state index in [0.29, 0.717) is 0 Å². The van der Waals surface area contributed by atoms with Crippen molar-refractivity contribution < 1.29 is 17.9 Å². The minimum absolute atomic E-state index is 0.100. The predicted octanol–water partition coefficient (Wildman–Crippen LogP) is 2.28. The summed E-state index contributed by atoms with van der Waals surface area (Å²) in [7, 11) is 0. The lowest BCUT2D eigenvalue weighted by Gasteiger charge is -2.13. The minimum Gasteiger partial charge on any atom is -0.490 e. The maximum Gasteiger partial charge on any atom is 0.417 e. The smallest absolute Gasteiger partial charge is 0.417 e. The number of alkyl halides is 3. The van der Waals surface area contributed by atoms with E-state index in [4.69, 9.17) is 27.8 Å². The summed E-state index contributed by atoms with van der Waals surface area (Å²) in [5.74, 6) is 0.100. The second kappa shape index (κ2) is 4.80. The molecule has 3 nitrogen and oxygen atoms in total. The Kier molecular flexibility index (Phi) is 3.88. The highest BCUT2D eigenvalue weighted by molar-refractivity contribution is 6.31. The third kappa shape index (κ3) is 2.93. The van der Waals surface area contributed by atoms with Crippen molar-refractivity contribution in [2.75, 3.05) is 18.9 Å². The van der Waals surface area contributed by atoms with Crippen LogP contribution in [-0.2, 0) is 6.18 Å². The highest BCUT2D eigenvalue weighted by Crippen LogP contribution is 2.39. The van der Waals surface area contributed by atoms with Crippen molar-refractivity contribution >= 4 is 17.3 Å². The fourth-order valence-electron chi connectivity index (χ4n) is 1.08. The SMILES string of the molecule is NCCOc1cc(Cl)c(C(F)(F)F)cc1N. The second-order valence-corrected chi connectivity index (χ2v) is 3.41. The van der Waals surface area contributed by atoms with E-state index in [0.717, 1.165) is 12.1 Å². The Morgan fingerprint density at radius 2 is 1.94 bits per heavy atom. The number of hydrogen-bond acceptors (Lipinski definition) is 3. The first-order valence-corrected chi connectivity index (χ1v) is 4.73. The average molecular weight is 255 g/mol. The predicted molar refractivity (Wildman–Crippen MR) is 55.4 cm³/mol. The van der Waals surface area contributed by atoms with Gasteiger partial charge in [-0.2, -0.15) is 13.2 Å². The monoisotopic (exact) mass is 254 g/mol. The minimum atomic E-state index is -4.53. The van der Waals surface area contributed by atoms with Crippen LogP contribution in [-0.4, -0.2) is 13.2 Å². The molecule has 16 heavy (non-hydrogen) atoms. The molecule has 0 atom stereocenters. The van der Waals surface area contributed by atoms with Gasteiger partial charge in [-0.1, -0.05) is 11.6 Å². The van der Waals surface area contributed by atoms with Gasteiger partial charge < -0.3 is 16.2 Å². The zero-order chi connectivity index (χ0) is 12.3. The Balaban J connectivity index is 3.07. The van der Waals surface area contributed by atoms with E-state index < -0.39 is 16.8 Å². The summed E-state index contributed by atoms with van der Waals surface area (Å²) in [6.45, 7) is 0.393. The Hall–Kier alpha value is -1.14. The van der Waals surface area contributed by atoms with E-state index >= 15 is 0 Å². The van der Waals surface area contributed by atoms with Crippen molar-refractivity contribution in [2.45, 2.75) is 6.18 Å². The number of benzene rings is 1. The average Bonchev–Trinajstić information content (AvgIpc) is 2.17. The Morgan fingerprint density at radius 1 is 1.31 bits per heavy atom. The molecule has 0 saturated carbocycles. The van der Waals surface area contributed by atoms with Crippen molar-refractivity contribution in [1.29, 1.82) is 0 Å². The highest BCUT2D eigenvalue weighted by atomic mass is 35.5. The van der Waals surface area contributed by atoms with Gasteiger partial charge in [0.05, 0.1) is 16.3 Å². The van der Waals surface area contributed by atoms with Gasteiger partial charge in [0.25, 0.3) is 0 Å². The normalized spacial score (nSPS) is 11.6. The van der Waals surface area contributed by atoms with Crippen LogP contribution >= 0.6 is 11.6 Å². The molecular weight excluding hydrogens is 245 g/mol. The molecule has 0 heterocycles. The van der Waals surface area contributed by atoms with Gasteiger partial charge in [0.15, 0.2) is 0 Å². The lowest BCUT2D eigenvalue weighted by atomic mass is 10.2. The highest BCUT2D eigenvalue weighted by Gasteiger charge is 2.34. The summed E-state index contributed by atoms with van der Waals surface area (Å²) in [6, 6.07) is 1.78. The first-order valence-electron chi connectivity index (χ1n) is 4.35. The Labute approximate surface area is 95.1 Å². The third-order valence-electron chi connectivity index (χ3n) is 1.78. The summed E-state index contributed by atoms with van der Waals surface area (Å²) in [6.07, 6.45) is -4.53. The van der Waals surface area contributed by atoms with E-state index in [1.165, 1.54) is 0 Å². The number of anilines is 1. The van der Waals surface area contributed by atoms with Gasteiger partial charge >= 0.3 is 6.18 Å². The van der Waals surface area contributed by atoms with Gasteiger partial charge in [-0.05, 0) is 6.07 Å². The van der Waals surface area contributed by atoms with Crippen LogP contribution < -0.4 is 16.2 Å². The summed E-state index contributed by atoms with van der Waals surface area (Å²) in [5.41, 5.74) is 9.49. The number of hydrogen-bond donors (Lipinski definition) is 2. The van der Waals surface area contributed by atoms with E-state index in [2.05, 4.69) is 0 Å². The molecule has 0 bridgehead atoms. The number of rotatable bonds is 3. The molecule has 0 fully saturated rings. The topological polar surface area (TPSA) is 61.3 Å². The van der Waals surface area contributed by atoms with Crippen LogP contribution in [0.5, 0.6) is 5.75 Å². The number of ether oxygens (including phenoxy) is 1. The molecule has 1 aromatic carbocycles. The lowest BCUT2D eigenvalue weighted by molar-refractivity contribution is -0.137. The maximum atomic E-state index is 12.4. The van der Waals surface area contributed by atoms with Gasteiger partial charge in [0, 0.05) is 12.6 Å². The van der Waals surface area contributed by atoms with Crippen LogP contribution in [0, 0.1) is 0 Å². The quantitative estimate of drug-likeness (QED) is 0.814. The van der Waals surface area contributed by atoms with Gasteiger partial charge in [-0.3, -0.25) is 0 Å². The molecule has 0 radical (unpaired) electrons. The van der Waals surface area contributed by atoms with Crippen molar-refractivity contribution in [2.24, 2.45) is 5.73 Å². The summed E-state index contributed by atoms with van der Waals surface area (Å²) in [5, 5.41) is -0.450. The molecule has 0 aromatic heterocycles. The molecule has 7 heteroatoms. The first kappa shape index (κ1) is 12.9. The zero-order valence-corrected chi connectivity index (χ0v) is 8.90. The van der Waals surface area contributed by atoms with E-state index in [9.17, 15) is 13.2 Å². The Morgan fingerprint density at radius 3 is 2.44 bits per heavy atom. The van der Waals surface area contributed by atoms with Crippen LogP contribution in [0.3, 0.4) is 0 Å². The molecule has 0 spiro atoms. The van der Waals surface area contributed by atoms with Crippen LogP contribution in [0.2, 0.25) is 5.02 Å².